The molecule has 0 unspecified atom stereocenters. The van der Waals surface area contributed by atoms with Gasteiger partial charge in [0.05, 0.1) is 12.7 Å². The number of carboxylic acids is 1. The summed E-state index contributed by atoms with van der Waals surface area (Å²) in [6.45, 7) is 6.24. The molecular weight excluding hydrogens is 258 g/mol. The Balaban J connectivity index is 2.59. The number of nitrogens with zero attached hydrogens (tertiary/aromatic N) is 1. The Labute approximate surface area is 117 Å². The van der Waals surface area contributed by atoms with Crippen molar-refractivity contribution in [2.24, 2.45) is 0 Å². The number of para-hydroxylation sites is 1. The highest BCUT2D eigenvalue weighted by Gasteiger charge is 2.23. The van der Waals surface area contributed by atoms with Gasteiger partial charge >= 0.3 is 5.97 Å². The first-order valence-electron chi connectivity index (χ1n) is 6.22. The van der Waals surface area contributed by atoms with E-state index in [1.807, 2.05) is 18.2 Å². The summed E-state index contributed by atoms with van der Waals surface area (Å²) in [5, 5.41) is 12.4. The molecule has 1 N–H and O–H groups in total. The number of methoxy groups -OCH3 is 1. The number of rotatable bonds is 3. The molecule has 0 aliphatic carbocycles. The van der Waals surface area contributed by atoms with Gasteiger partial charge in [-0.2, -0.15) is 0 Å². The van der Waals surface area contributed by atoms with Crippen LogP contribution in [0.3, 0.4) is 0 Å². The van der Waals surface area contributed by atoms with Gasteiger partial charge in [-0.25, -0.2) is 4.79 Å². The van der Waals surface area contributed by atoms with Crippen molar-refractivity contribution in [1.82, 2.24) is 5.16 Å². The topological polar surface area (TPSA) is 72.6 Å². The average molecular weight is 275 g/mol. The maximum atomic E-state index is 10.9. The Morgan fingerprint density at radius 3 is 2.55 bits per heavy atom. The van der Waals surface area contributed by atoms with Crippen LogP contribution in [-0.4, -0.2) is 23.3 Å². The summed E-state index contributed by atoms with van der Waals surface area (Å²) in [6.07, 6.45) is 0. The van der Waals surface area contributed by atoms with Gasteiger partial charge < -0.3 is 14.4 Å². The number of carboxylic acid groups (broad SMARTS) is 1. The molecule has 5 heteroatoms. The zero-order valence-electron chi connectivity index (χ0n) is 11.9. The lowest BCUT2D eigenvalue weighted by molar-refractivity contribution is 0.0686. The van der Waals surface area contributed by atoms with Crippen molar-refractivity contribution in [3.05, 3.63) is 35.5 Å². The van der Waals surface area contributed by atoms with Crippen LogP contribution in [0.2, 0.25) is 0 Å². The average Bonchev–Trinajstić information content (AvgIpc) is 2.86. The minimum absolute atomic E-state index is 0.100. The largest absolute Gasteiger partial charge is 0.496 e. The van der Waals surface area contributed by atoms with Crippen LogP contribution in [0.15, 0.2) is 28.8 Å². The predicted octanol–water partition coefficient (Wildman–Crippen LogP) is 3.35. The molecule has 0 spiro atoms. The van der Waals surface area contributed by atoms with Crippen LogP contribution in [0.1, 0.15) is 36.8 Å². The highest BCUT2D eigenvalue weighted by atomic mass is 16.5. The fraction of sp³-hybridized carbons (Fsp3) is 0.333. The fourth-order valence-electron chi connectivity index (χ4n) is 2.04. The molecule has 0 fully saturated rings. The van der Waals surface area contributed by atoms with Gasteiger partial charge in [0.15, 0.2) is 11.5 Å². The normalized spacial score (nSPS) is 11.4. The van der Waals surface area contributed by atoms with E-state index in [4.69, 9.17) is 14.4 Å². The summed E-state index contributed by atoms with van der Waals surface area (Å²) in [7, 11) is 1.59. The van der Waals surface area contributed by atoms with Crippen molar-refractivity contribution < 1.29 is 19.2 Å². The van der Waals surface area contributed by atoms with Crippen LogP contribution in [0.4, 0.5) is 0 Å². The van der Waals surface area contributed by atoms with E-state index in [0.29, 0.717) is 17.1 Å². The van der Waals surface area contributed by atoms with Crippen LogP contribution >= 0.6 is 0 Å². The Morgan fingerprint density at radius 2 is 2.05 bits per heavy atom. The Bertz CT molecular complexity index is 638. The van der Waals surface area contributed by atoms with Crippen LogP contribution < -0.4 is 4.74 Å². The number of hydrogen-bond acceptors (Lipinski definition) is 4. The Kier molecular flexibility index (Phi) is 3.53. The molecule has 1 aromatic heterocycles. The zero-order valence-corrected chi connectivity index (χ0v) is 11.9. The summed E-state index contributed by atoms with van der Waals surface area (Å²) < 4.78 is 10.6. The van der Waals surface area contributed by atoms with E-state index in [9.17, 15) is 4.79 Å². The second-order valence-corrected chi connectivity index (χ2v) is 5.52. The van der Waals surface area contributed by atoms with Gasteiger partial charge in [-0.05, 0) is 11.5 Å². The Morgan fingerprint density at radius 1 is 1.35 bits per heavy atom. The number of carbonyl (C=O) groups is 1. The van der Waals surface area contributed by atoms with Gasteiger partial charge in [0.2, 0.25) is 0 Å². The van der Waals surface area contributed by atoms with Crippen LogP contribution in [0.5, 0.6) is 5.75 Å². The van der Waals surface area contributed by atoms with Gasteiger partial charge in [0, 0.05) is 11.6 Å². The third-order valence-corrected chi connectivity index (χ3v) is 3.02. The van der Waals surface area contributed by atoms with E-state index in [2.05, 4.69) is 25.9 Å². The minimum Gasteiger partial charge on any atom is -0.496 e. The molecule has 2 aromatic rings. The molecule has 0 aliphatic heterocycles. The lowest BCUT2D eigenvalue weighted by atomic mass is 9.85. The van der Waals surface area contributed by atoms with Gasteiger partial charge in [-0.15, -0.1) is 0 Å². The van der Waals surface area contributed by atoms with Crippen molar-refractivity contribution in [2.45, 2.75) is 26.2 Å². The second kappa shape index (κ2) is 5.00. The fourth-order valence-corrected chi connectivity index (χ4v) is 2.04. The summed E-state index contributed by atoms with van der Waals surface area (Å²) in [5.41, 5.74) is 1.49. The molecule has 0 bridgehead atoms. The van der Waals surface area contributed by atoms with Crippen molar-refractivity contribution >= 4 is 5.97 Å². The smallest absolute Gasteiger partial charge is 0.358 e. The third-order valence-electron chi connectivity index (χ3n) is 3.02. The highest BCUT2D eigenvalue weighted by Crippen LogP contribution is 2.39. The quantitative estimate of drug-likeness (QED) is 0.930. The van der Waals surface area contributed by atoms with Crippen molar-refractivity contribution in [3.63, 3.8) is 0 Å². The van der Waals surface area contributed by atoms with Crippen molar-refractivity contribution in [3.8, 4) is 17.1 Å². The number of aromatic nitrogens is 1. The van der Waals surface area contributed by atoms with Gasteiger partial charge in [0.1, 0.15) is 5.75 Å². The minimum atomic E-state index is -1.12. The summed E-state index contributed by atoms with van der Waals surface area (Å²) >= 11 is 0. The van der Waals surface area contributed by atoms with Gasteiger partial charge in [-0.3, -0.25) is 0 Å². The molecule has 0 saturated heterocycles. The maximum absolute atomic E-state index is 10.9. The van der Waals surface area contributed by atoms with E-state index in [1.165, 1.54) is 6.07 Å². The van der Waals surface area contributed by atoms with Gasteiger partial charge in [0.25, 0.3) is 0 Å². The van der Waals surface area contributed by atoms with E-state index in [0.717, 1.165) is 5.56 Å². The SMILES string of the molecule is COc1c(-c2cc(C(=O)O)no2)cccc1C(C)(C)C. The molecule has 0 atom stereocenters. The maximum Gasteiger partial charge on any atom is 0.358 e. The van der Waals surface area contributed by atoms with Crippen LogP contribution in [-0.2, 0) is 5.41 Å². The molecule has 2 rings (SSSR count). The van der Waals surface area contributed by atoms with Crippen LogP contribution in [0, 0.1) is 0 Å². The predicted molar refractivity (Wildman–Crippen MR) is 74.2 cm³/mol. The van der Waals surface area contributed by atoms with E-state index in [1.54, 1.807) is 7.11 Å². The summed E-state index contributed by atoms with van der Waals surface area (Å²) in [5.74, 6) is -0.0654. The number of aromatic carboxylic acids is 1. The summed E-state index contributed by atoms with van der Waals surface area (Å²) in [6, 6.07) is 7.09. The van der Waals surface area contributed by atoms with Crippen molar-refractivity contribution in [2.75, 3.05) is 7.11 Å². The monoisotopic (exact) mass is 275 g/mol. The molecule has 5 nitrogen and oxygen atoms in total. The molecule has 0 saturated carbocycles. The second-order valence-electron chi connectivity index (χ2n) is 5.52. The first kappa shape index (κ1) is 14.1. The molecule has 20 heavy (non-hydrogen) atoms. The number of ether oxygens (including phenoxy) is 1. The highest BCUT2D eigenvalue weighted by molar-refractivity contribution is 5.86. The lowest BCUT2D eigenvalue weighted by Crippen LogP contribution is -2.13. The van der Waals surface area contributed by atoms with E-state index in [-0.39, 0.29) is 11.1 Å². The first-order chi connectivity index (χ1) is 9.34. The zero-order chi connectivity index (χ0) is 14.9. The third kappa shape index (κ3) is 2.52. The lowest BCUT2D eigenvalue weighted by Gasteiger charge is -2.23. The molecular formula is C15H17NO4. The Hall–Kier alpha value is -2.30. The first-order valence-corrected chi connectivity index (χ1v) is 6.22. The summed E-state index contributed by atoms with van der Waals surface area (Å²) in [4.78, 5) is 10.9. The molecule has 0 aliphatic rings. The standard InChI is InChI=1S/C15H17NO4/c1-15(2,3)10-7-5-6-9(13(10)19-4)12-8-11(14(17)18)16-20-12/h5-8H,1-4H3,(H,17,18). The molecule has 0 radical (unpaired) electrons. The van der Waals surface area contributed by atoms with Crippen molar-refractivity contribution in [1.29, 1.82) is 0 Å². The number of benzene rings is 1. The molecule has 106 valence electrons. The number of hydrogen-bond donors (Lipinski definition) is 1. The molecule has 0 amide bonds. The molecule has 1 aromatic carbocycles. The van der Waals surface area contributed by atoms with E-state index < -0.39 is 5.97 Å². The molecule has 1 heterocycles. The van der Waals surface area contributed by atoms with Crippen LogP contribution in [0.25, 0.3) is 11.3 Å². The van der Waals surface area contributed by atoms with Gasteiger partial charge in [-0.1, -0.05) is 38.1 Å². The van der Waals surface area contributed by atoms with E-state index >= 15 is 0 Å².